The maximum absolute atomic E-state index is 13.7. The van der Waals surface area contributed by atoms with Gasteiger partial charge in [-0.2, -0.15) is 0 Å². The molecule has 0 saturated carbocycles. The van der Waals surface area contributed by atoms with Crippen molar-refractivity contribution in [3.63, 3.8) is 0 Å². The monoisotopic (exact) mass is 441 g/mol. The molecule has 4 heteroatoms. The molecule has 1 heterocycles. The molecule has 170 valence electrons. The predicted octanol–water partition coefficient (Wildman–Crippen LogP) is 6.67. The van der Waals surface area contributed by atoms with Crippen LogP contribution in [0.5, 0.6) is 5.75 Å². The Kier molecular flexibility index (Phi) is 6.95. The second-order valence-corrected chi connectivity index (χ2v) is 8.41. The summed E-state index contributed by atoms with van der Waals surface area (Å²) >= 11 is 0. The van der Waals surface area contributed by atoms with Crippen molar-refractivity contribution < 1.29 is 13.9 Å². The van der Waals surface area contributed by atoms with Gasteiger partial charge in [-0.1, -0.05) is 61.4 Å². The normalized spacial score (nSPS) is 11.3. The molecule has 33 heavy (non-hydrogen) atoms. The third-order valence-electron chi connectivity index (χ3n) is 5.97. The summed E-state index contributed by atoms with van der Waals surface area (Å²) in [6, 6.07) is 21.5. The average molecular weight is 442 g/mol. The molecule has 0 bridgehead atoms. The first-order chi connectivity index (χ1) is 16.0. The van der Waals surface area contributed by atoms with Gasteiger partial charge in [0.05, 0.1) is 5.56 Å². The first-order valence-electron chi connectivity index (χ1n) is 11.6. The van der Waals surface area contributed by atoms with E-state index in [-0.39, 0.29) is 5.78 Å². The third-order valence-corrected chi connectivity index (χ3v) is 5.97. The van der Waals surface area contributed by atoms with Gasteiger partial charge in [0.1, 0.15) is 23.7 Å². The SMILES string of the molecule is CCN(CC)CCOc1cccc(-c2oc3ccccc3c2C(=O)c2cc(C)cc(C)c2)c1. The lowest BCUT2D eigenvalue weighted by molar-refractivity contribution is 0.104. The van der Waals surface area contributed by atoms with Gasteiger partial charge in [-0.3, -0.25) is 4.79 Å². The summed E-state index contributed by atoms with van der Waals surface area (Å²) < 4.78 is 12.3. The second kappa shape index (κ2) is 10.1. The van der Waals surface area contributed by atoms with E-state index < -0.39 is 0 Å². The van der Waals surface area contributed by atoms with Crippen LogP contribution in [0.1, 0.15) is 40.9 Å². The minimum atomic E-state index is -0.0328. The smallest absolute Gasteiger partial charge is 0.197 e. The van der Waals surface area contributed by atoms with Crippen LogP contribution in [-0.2, 0) is 0 Å². The van der Waals surface area contributed by atoms with E-state index in [0.29, 0.717) is 29.1 Å². The van der Waals surface area contributed by atoms with Crippen molar-refractivity contribution in [3.8, 4) is 17.1 Å². The number of nitrogens with zero attached hydrogens (tertiary/aromatic N) is 1. The number of carbonyl (C=O) groups is 1. The van der Waals surface area contributed by atoms with Crippen LogP contribution in [0.4, 0.5) is 0 Å². The van der Waals surface area contributed by atoms with E-state index in [0.717, 1.165) is 47.5 Å². The lowest BCUT2D eigenvalue weighted by atomic mass is 9.95. The van der Waals surface area contributed by atoms with Crippen molar-refractivity contribution in [2.75, 3.05) is 26.2 Å². The number of benzene rings is 3. The number of fused-ring (bicyclic) bond motifs is 1. The molecule has 1 aromatic heterocycles. The Morgan fingerprint density at radius 3 is 2.36 bits per heavy atom. The Balaban J connectivity index is 1.72. The van der Waals surface area contributed by atoms with Gasteiger partial charge in [0.25, 0.3) is 0 Å². The molecule has 0 atom stereocenters. The molecule has 0 spiro atoms. The van der Waals surface area contributed by atoms with Crippen molar-refractivity contribution in [3.05, 3.63) is 89.0 Å². The molecule has 0 radical (unpaired) electrons. The molecule has 3 aromatic carbocycles. The Morgan fingerprint density at radius 2 is 1.64 bits per heavy atom. The van der Waals surface area contributed by atoms with Gasteiger partial charge in [0.15, 0.2) is 5.78 Å². The number of aryl methyl sites for hydroxylation is 2. The molecular formula is C29H31NO3. The van der Waals surface area contributed by atoms with Gasteiger partial charge in [0.2, 0.25) is 0 Å². The molecule has 0 saturated heterocycles. The van der Waals surface area contributed by atoms with Crippen LogP contribution < -0.4 is 4.74 Å². The van der Waals surface area contributed by atoms with E-state index in [9.17, 15) is 4.79 Å². The largest absolute Gasteiger partial charge is 0.492 e. The summed E-state index contributed by atoms with van der Waals surface area (Å²) in [7, 11) is 0. The molecule has 4 rings (SSSR count). The Bertz CT molecular complexity index is 1250. The Labute approximate surface area is 195 Å². The van der Waals surface area contributed by atoms with Crippen LogP contribution in [0.2, 0.25) is 0 Å². The molecule has 4 nitrogen and oxygen atoms in total. The number of ketones is 1. The molecule has 0 aliphatic carbocycles. The van der Waals surface area contributed by atoms with Crippen LogP contribution in [0.3, 0.4) is 0 Å². The first-order valence-corrected chi connectivity index (χ1v) is 11.6. The first kappa shape index (κ1) is 22.8. The fourth-order valence-electron chi connectivity index (χ4n) is 4.28. The summed E-state index contributed by atoms with van der Waals surface area (Å²) in [4.78, 5) is 16.0. The molecule has 0 aliphatic heterocycles. The molecule has 0 fully saturated rings. The minimum absolute atomic E-state index is 0.0328. The van der Waals surface area contributed by atoms with E-state index in [1.54, 1.807) is 0 Å². The van der Waals surface area contributed by atoms with Crippen molar-refractivity contribution in [1.82, 2.24) is 4.90 Å². The van der Waals surface area contributed by atoms with Gasteiger partial charge >= 0.3 is 0 Å². The number of furan rings is 1. The van der Waals surface area contributed by atoms with Gasteiger partial charge in [-0.15, -0.1) is 0 Å². The Morgan fingerprint density at radius 1 is 0.909 bits per heavy atom. The predicted molar refractivity (Wildman–Crippen MR) is 134 cm³/mol. The zero-order valence-electron chi connectivity index (χ0n) is 19.9. The number of likely N-dealkylation sites (N-methyl/N-ethyl adjacent to an activating group) is 1. The second-order valence-electron chi connectivity index (χ2n) is 8.41. The number of hydrogen-bond acceptors (Lipinski definition) is 4. The minimum Gasteiger partial charge on any atom is -0.492 e. The highest BCUT2D eigenvalue weighted by molar-refractivity contribution is 6.19. The van der Waals surface area contributed by atoms with Crippen LogP contribution in [0, 0.1) is 13.8 Å². The topological polar surface area (TPSA) is 42.7 Å². The standard InChI is InChI=1S/C29H31NO3/c1-5-30(6-2)14-15-32-24-11-9-10-22(19-24)29-27(25-12-7-8-13-26(25)33-29)28(31)23-17-20(3)16-21(4)18-23/h7-13,16-19H,5-6,14-15H2,1-4H3. The average Bonchev–Trinajstić information content (AvgIpc) is 3.20. The zero-order chi connectivity index (χ0) is 23.4. The maximum Gasteiger partial charge on any atom is 0.197 e. The Hall–Kier alpha value is -3.37. The van der Waals surface area contributed by atoms with Crippen LogP contribution >= 0.6 is 0 Å². The number of para-hydroxylation sites is 1. The van der Waals surface area contributed by atoms with E-state index >= 15 is 0 Å². The van der Waals surface area contributed by atoms with E-state index in [4.69, 9.17) is 9.15 Å². The molecule has 0 aliphatic rings. The zero-order valence-corrected chi connectivity index (χ0v) is 19.9. The summed E-state index contributed by atoms with van der Waals surface area (Å²) in [5.41, 5.74) is 4.93. The molecule has 4 aromatic rings. The summed E-state index contributed by atoms with van der Waals surface area (Å²) in [5.74, 6) is 1.31. The summed E-state index contributed by atoms with van der Waals surface area (Å²) in [5, 5.41) is 0.824. The highest BCUT2D eigenvalue weighted by Gasteiger charge is 2.23. The summed E-state index contributed by atoms with van der Waals surface area (Å²) in [6.07, 6.45) is 0. The third kappa shape index (κ3) is 5.01. The number of carbonyl (C=O) groups excluding carboxylic acids is 1. The highest BCUT2D eigenvalue weighted by atomic mass is 16.5. The van der Waals surface area contributed by atoms with E-state index in [1.165, 1.54) is 0 Å². The van der Waals surface area contributed by atoms with E-state index in [2.05, 4.69) is 24.8 Å². The number of ether oxygens (including phenoxy) is 1. The highest BCUT2D eigenvalue weighted by Crippen LogP contribution is 2.36. The van der Waals surface area contributed by atoms with Crippen molar-refractivity contribution >= 4 is 16.8 Å². The van der Waals surface area contributed by atoms with Crippen molar-refractivity contribution in [1.29, 1.82) is 0 Å². The number of hydrogen-bond donors (Lipinski definition) is 0. The van der Waals surface area contributed by atoms with Crippen LogP contribution in [-0.4, -0.2) is 36.9 Å². The van der Waals surface area contributed by atoms with Crippen LogP contribution in [0.25, 0.3) is 22.3 Å². The van der Waals surface area contributed by atoms with Gasteiger partial charge in [-0.05, 0) is 57.3 Å². The lowest BCUT2D eigenvalue weighted by Gasteiger charge is -2.18. The molecule has 0 amide bonds. The molecular weight excluding hydrogens is 410 g/mol. The lowest BCUT2D eigenvalue weighted by Crippen LogP contribution is -2.27. The maximum atomic E-state index is 13.7. The van der Waals surface area contributed by atoms with Crippen molar-refractivity contribution in [2.45, 2.75) is 27.7 Å². The van der Waals surface area contributed by atoms with Gasteiger partial charge in [-0.25, -0.2) is 0 Å². The fraction of sp³-hybridized carbons (Fsp3) is 0.276. The van der Waals surface area contributed by atoms with Gasteiger partial charge in [0, 0.05) is 23.1 Å². The van der Waals surface area contributed by atoms with Crippen molar-refractivity contribution in [2.24, 2.45) is 0 Å². The van der Waals surface area contributed by atoms with Crippen LogP contribution in [0.15, 0.2) is 71.1 Å². The van der Waals surface area contributed by atoms with Gasteiger partial charge < -0.3 is 14.1 Å². The fourth-order valence-corrected chi connectivity index (χ4v) is 4.28. The molecule has 0 N–H and O–H groups in total. The quantitative estimate of drug-likeness (QED) is 0.272. The van der Waals surface area contributed by atoms with E-state index in [1.807, 2.05) is 74.5 Å². The summed E-state index contributed by atoms with van der Waals surface area (Å²) in [6.45, 7) is 11.8. The molecule has 0 unspecified atom stereocenters. The number of rotatable bonds is 9.